The number of halogens is 3. The number of pyridine rings is 1. The van der Waals surface area contributed by atoms with E-state index < -0.39 is 13.0 Å². The highest BCUT2D eigenvalue weighted by atomic mass is 79.9. The molecule has 0 spiro atoms. The summed E-state index contributed by atoms with van der Waals surface area (Å²) < 4.78 is 25.7. The molecule has 1 amide bonds. The van der Waals surface area contributed by atoms with Crippen molar-refractivity contribution in [3.05, 3.63) is 22.3 Å². The second-order valence-electron chi connectivity index (χ2n) is 4.00. The Morgan fingerprint density at radius 2 is 2.33 bits per heavy atom. The lowest BCUT2D eigenvalue weighted by Crippen LogP contribution is -2.37. The molecule has 2 rings (SSSR count). The molecule has 0 fully saturated rings. The van der Waals surface area contributed by atoms with E-state index >= 15 is 0 Å². The summed E-state index contributed by atoms with van der Waals surface area (Å²) in [6, 6.07) is 1.78. The molecule has 7 heteroatoms. The van der Waals surface area contributed by atoms with Crippen LogP contribution in [0.2, 0.25) is 0 Å². The van der Waals surface area contributed by atoms with Crippen LogP contribution >= 0.6 is 15.9 Å². The summed E-state index contributed by atoms with van der Waals surface area (Å²) >= 11 is 3.28. The fourth-order valence-electron chi connectivity index (χ4n) is 1.83. The molecule has 1 aliphatic heterocycles. The Morgan fingerprint density at radius 1 is 1.56 bits per heavy atom. The topological polar surface area (TPSA) is 45.2 Å². The first-order valence-electron chi connectivity index (χ1n) is 5.50. The van der Waals surface area contributed by atoms with Crippen LogP contribution in [0.1, 0.15) is 12.0 Å². The Kier molecular flexibility index (Phi) is 4.11. The number of carbonyl (C=O) groups is 1. The second-order valence-corrected chi connectivity index (χ2v) is 4.92. The number of hydrogen-bond donors (Lipinski definition) is 1. The van der Waals surface area contributed by atoms with Gasteiger partial charge in [-0.25, -0.2) is 13.8 Å². The molecule has 1 aromatic heterocycles. The summed E-state index contributed by atoms with van der Waals surface area (Å²) in [5.41, 5.74) is 0.734. The number of nitrogens with zero attached hydrogens (tertiary/aromatic N) is 2. The summed E-state index contributed by atoms with van der Waals surface area (Å²) in [6.45, 7) is 0.0168. The normalized spacial score (nSPS) is 16.0. The van der Waals surface area contributed by atoms with E-state index in [1.54, 1.807) is 12.3 Å². The van der Waals surface area contributed by atoms with Gasteiger partial charge in [0.25, 0.3) is 6.43 Å². The van der Waals surface area contributed by atoms with Gasteiger partial charge in [-0.15, -0.1) is 0 Å². The molecule has 1 N–H and O–H groups in total. The molecule has 0 aliphatic carbocycles. The molecule has 0 saturated carbocycles. The number of aromatic nitrogens is 1. The van der Waals surface area contributed by atoms with Gasteiger partial charge in [0.05, 0.1) is 6.54 Å². The predicted molar refractivity (Wildman–Crippen MR) is 66.5 cm³/mol. The van der Waals surface area contributed by atoms with E-state index in [9.17, 15) is 13.6 Å². The van der Waals surface area contributed by atoms with E-state index in [-0.39, 0.29) is 18.9 Å². The largest absolute Gasteiger partial charge is 0.369 e. The molecule has 0 saturated heterocycles. The molecular formula is C11H12BrF2N3O. The zero-order valence-electron chi connectivity index (χ0n) is 9.50. The zero-order chi connectivity index (χ0) is 13.1. The molecule has 98 valence electrons. The third kappa shape index (κ3) is 3.16. The number of anilines is 1. The molecule has 0 bridgehead atoms. The van der Waals surface area contributed by atoms with Crippen LogP contribution in [-0.4, -0.2) is 35.3 Å². The van der Waals surface area contributed by atoms with Gasteiger partial charge >= 0.3 is 0 Å². The average Bonchev–Trinajstić information content (AvgIpc) is 2.28. The van der Waals surface area contributed by atoms with E-state index in [1.807, 2.05) is 0 Å². The summed E-state index contributed by atoms with van der Waals surface area (Å²) in [5.74, 6) is 0.374. The summed E-state index contributed by atoms with van der Waals surface area (Å²) in [7, 11) is 0. The second kappa shape index (κ2) is 5.60. The first kappa shape index (κ1) is 13.2. The van der Waals surface area contributed by atoms with Crippen LogP contribution in [0, 0.1) is 0 Å². The van der Waals surface area contributed by atoms with Gasteiger partial charge in [-0.1, -0.05) is 0 Å². The van der Waals surface area contributed by atoms with E-state index in [2.05, 4.69) is 26.2 Å². The third-order valence-corrected chi connectivity index (χ3v) is 3.07. The minimum absolute atomic E-state index is 0.151. The maximum absolute atomic E-state index is 12.4. The molecule has 4 nitrogen and oxygen atoms in total. The lowest BCUT2D eigenvalue weighted by atomic mass is 10.2. The van der Waals surface area contributed by atoms with E-state index in [4.69, 9.17) is 0 Å². The van der Waals surface area contributed by atoms with Crippen LogP contribution in [0.25, 0.3) is 0 Å². The predicted octanol–water partition coefficient (Wildman–Crippen LogP) is 2.25. The molecular weight excluding hydrogens is 308 g/mol. The van der Waals surface area contributed by atoms with Crippen molar-refractivity contribution in [2.75, 3.05) is 18.4 Å². The maximum atomic E-state index is 12.4. The van der Waals surface area contributed by atoms with Crippen molar-refractivity contribution in [2.24, 2.45) is 0 Å². The number of carbonyl (C=O) groups excluding carboxylic acids is 1. The Balaban J connectivity index is 2.26. The SMILES string of the molecule is O=C1CCNc2ncc(Br)cc2CN1CC(F)F. The Bertz CT molecular complexity index is 456. The average molecular weight is 320 g/mol. The Hall–Kier alpha value is -1.24. The van der Waals surface area contributed by atoms with Gasteiger partial charge in [-0.05, 0) is 22.0 Å². The lowest BCUT2D eigenvalue weighted by molar-refractivity contribution is -0.133. The van der Waals surface area contributed by atoms with Crippen LogP contribution in [0.5, 0.6) is 0 Å². The van der Waals surface area contributed by atoms with Gasteiger partial charge in [0.1, 0.15) is 5.82 Å². The van der Waals surface area contributed by atoms with Crippen molar-refractivity contribution in [1.82, 2.24) is 9.88 Å². The lowest BCUT2D eigenvalue weighted by Gasteiger charge is -2.26. The van der Waals surface area contributed by atoms with Crippen LogP contribution < -0.4 is 5.32 Å². The molecule has 18 heavy (non-hydrogen) atoms. The number of fused-ring (bicyclic) bond motifs is 1. The van der Waals surface area contributed by atoms with E-state index in [1.165, 1.54) is 4.90 Å². The fraction of sp³-hybridized carbons (Fsp3) is 0.455. The minimum atomic E-state index is -2.52. The highest BCUT2D eigenvalue weighted by Crippen LogP contribution is 2.22. The monoisotopic (exact) mass is 319 g/mol. The first-order chi connectivity index (χ1) is 8.56. The molecule has 1 aromatic rings. The highest BCUT2D eigenvalue weighted by molar-refractivity contribution is 9.10. The van der Waals surface area contributed by atoms with Crippen molar-refractivity contribution in [1.29, 1.82) is 0 Å². The molecule has 2 heterocycles. The van der Waals surface area contributed by atoms with Crippen molar-refractivity contribution in [3.63, 3.8) is 0 Å². The standard InChI is InChI=1S/C11H12BrF2N3O/c12-8-3-7-5-17(6-9(13)14)10(18)1-2-15-11(7)16-4-8/h3-4,9H,1-2,5-6H2,(H,15,16). The number of alkyl halides is 2. The van der Waals surface area contributed by atoms with Crippen molar-refractivity contribution < 1.29 is 13.6 Å². The Labute approximate surface area is 112 Å². The third-order valence-electron chi connectivity index (χ3n) is 2.64. The quantitative estimate of drug-likeness (QED) is 0.909. The number of amides is 1. The van der Waals surface area contributed by atoms with Gasteiger partial charge in [0.15, 0.2) is 0 Å². The zero-order valence-corrected chi connectivity index (χ0v) is 11.1. The van der Waals surface area contributed by atoms with Crippen LogP contribution in [0.15, 0.2) is 16.7 Å². The van der Waals surface area contributed by atoms with Gasteiger partial charge in [0, 0.05) is 35.7 Å². The van der Waals surface area contributed by atoms with E-state index in [0.717, 1.165) is 10.0 Å². The van der Waals surface area contributed by atoms with Gasteiger partial charge in [-0.3, -0.25) is 4.79 Å². The number of hydrogen-bond acceptors (Lipinski definition) is 3. The highest BCUT2D eigenvalue weighted by Gasteiger charge is 2.22. The maximum Gasteiger partial charge on any atom is 0.255 e. The number of rotatable bonds is 2. The van der Waals surface area contributed by atoms with Crippen molar-refractivity contribution >= 4 is 27.7 Å². The van der Waals surface area contributed by atoms with Crippen molar-refractivity contribution in [3.8, 4) is 0 Å². The van der Waals surface area contributed by atoms with Gasteiger partial charge in [0.2, 0.25) is 5.91 Å². The fourth-order valence-corrected chi connectivity index (χ4v) is 2.21. The minimum Gasteiger partial charge on any atom is -0.369 e. The van der Waals surface area contributed by atoms with E-state index in [0.29, 0.717) is 12.4 Å². The summed E-state index contributed by atoms with van der Waals surface area (Å²) in [6.07, 6.45) is -0.693. The number of nitrogens with one attached hydrogen (secondary N) is 1. The first-order valence-corrected chi connectivity index (χ1v) is 6.30. The van der Waals surface area contributed by atoms with Crippen LogP contribution in [0.3, 0.4) is 0 Å². The smallest absolute Gasteiger partial charge is 0.255 e. The summed E-state index contributed by atoms with van der Waals surface area (Å²) in [4.78, 5) is 17.1. The molecule has 0 aromatic carbocycles. The van der Waals surface area contributed by atoms with Crippen LogP contribution in [-0.2, 0) is 11.3 Å². The van der Waals surface area contributed by atoms with Crippen molar-refractivity contribution in [2.45, 2.75) is 19.4 Å². The van der Waals surface area contributed by atoms with Gasteiger partial charge < -0.3 is 10.2 Å². The molecule has 0 unspecified atom stereocenters. The molecule has 1 aliphatic rings. The molecule has 0 atom stereocenters. The summed E-state index contributed by atoms with van der Waals surface area (Å²) in [5, 5.41) is 3.03. The Morgan fingerprint density at radius 3 is 3.06 bits per heavy atom. The van der Waals surface area contributed by atoms with Gasteiger partial charge in [-0.2, -0.15) is 0 Å². The van der Waals surface area contributed by atoms with Crippen LogP contribution in [0.4, 0.5) is 14.6 Å². The molecule has 0 radical (unpaired) electrons.